The van der Waals surface area contributed by atoms with Gasteiger partial charge in [-0.2, -0.15) is 0 Å². The average Bonchev–Trinajstić information content (AvgIpc) is 3.00. The number of nitrogens with one attached hydrogen (secondary N) is 1. The fourth-order valence-electron chi connectivity index (χ4n) is 3.00. The standard InChI is InChI=1S/C18H25N3O2S/c1-12(13-5-6-16-14(9-13)20-11-24-16)15-10-21(8-7-19-15)17(22)23-18(2,3)4/h5-6,9,11-12,15,19H,7-8,10H2,1-4H3. The summed E-state index contributed by atoms with van der Waals surface area (Å²) in [7, 11) is 0. The molecule has 1 N–H and O–H groups in total. The molecule has 3 rings (SSSR count). The molecule has 1 amide bonds. The Bertz CT molecular complexity index is 722. The van der Waals surface area contributed by atoms with Crippen molar-refractivity contribution in [2.45, 2.75) is 45.3 Å². The second-order valence-electron chi connectivity index (χ2n) is 7.36. The third-order valence-electron chi connectivity index (χ3n) is 4.34. The predicted octanol–water partition coefficient (Wildman–Crippen LogP) is 3.61. The van der Waals surface area contributed by atoms with Crippen LogP contribution < -0.4 is 5.32 Å². The van der Waals surface area contributed by atoms with Gasteiger partial charge in [0.15, 0.2) is 0 Å². The molecule has 2 aromatic rings. The largest absolute Gasteiger partial charge is 0.444 e. The number of amides is 1. The van der Waals surface area contributed by atoms with Crippen molar-refractivity contribution in [3.63, 3.8) is 0 Å². The smallest absolute Gasteiger partial charge is 0.410 e. The van der Waals surface area contributed by atoms with Crippen LogP contribution in [0.1, 0.15) is 39.2 Å². The van der Waals surface area contributed by atoms with Crippen LogP contribution in [0.2, 0.25) is 0 Å². The van der Waals surface area contributed by atoms with E-state index in [-0.39, 0.29) is 12.1 Å². The number of rotatable bonds is 2. The maximum Gasteiger partial charge on any atom is 0.410 e. The molecular weight excluding hydrogens is 322 g/mol. The zero-order valence-electron chi connectivity index (χ0n) is 14.7. The summed E-state index contributed by atoms with van der Waals surface area (Å²) in [5.74, 6) is 0.293. The number of nitrogens with zero attached hydrogens (tertiary/aromatic N) is 2. The lowest BCUT2D eigenvalue weighted by Gasteiger charge is -2.37. The lowest BCUT2D eigenvalue weighted by Crippen LogP contribution is -2.55. The van der Waals surface area contributed by atoms with Gasteiger partial charge in [-0.1, -0.05) is 13.0 Å². The first-order chi connectivity index (χ1) is 11.3. The van der Waals surface area contributed by atoms with E-state index < -0.39 is 5.60 Å². The fraction of sp³-hybridized carbons (Fsp3) is 0.556. The van der Waals surface area contributed by atoms with Gasteiger partial charge >= 0.3 is 6.09 Å². The van der Waals surface area contributed by atoms with E-state index in [1.165, 1.54) is 10.3 Å². The van der Waals surface area contributed by atoms with Crippen LogP contribution in [0.4, 0.5) is 4.79 Å². The normalized spacial score (nSPS) is 20.2. The van der Waals surface area contributed by atoms with Gasteiger partial charge in [0.25, 0.3) is 0 Å². The molecule has 1 aliphatic rings. The van der Waals surface area contributed by atoms with Crippen molar-refractivity contribution < 1.29 is 9.53 Å². The molecule has 0 saturated carbocycles. The lowest BCUT2D eigenvalue weighted by atomic mass is 9.92. The molecule has 1 aromatic carbocycles. The molecule has 2 atom stereocenters. The van der Waals surface area contributed by atoms with E-state index >= 15 is 0 Å². The highest BCUT2D eigenvalue weighted by Crippen LogP contribution is 2.26. The number of fused-ring (bicyclic) bond motifs is 1. The Kier molecular flexibility index (Phi) is 4.78. The van der Waals surface area contributed by atoms with Gasteiger partial charge in [0.05, 0.1) is 15.7 Å². The van der Waals surface area contributed by atoms with Crippen molar-refractivity contribution in [3.8, 4) is 0 Å². The molecular formula is C18H25N3O2S. The van der Waals surface area contributed by atoms with Crippen LogP contribution in [0.3, 0.4) is 0 Å². The highest BCUT2D eigenvalue weighted by Gasteiger charge is 2.30. The van der Waals surface area contributed by atoms with Crippen molar-refractivity contribution in [2.24, 2.45) is 0 Å². The van der Waals surface area contributed by atoms with Gasteiger partial charge in [0.1, 0.15) is 5.60 Å². The van der Waals surface area contributed by atoms with Crippen molar-refractivity contribution in [1.82, 2.24) is 15.2 Å². The predicted molar refractivity (Wildman–Crippen MR) is 97.6 cm³/mol. The summed E-state index contributed by atoms with van der Waals surface area (Å²) < 4.78 is 6.72. The van der Waals surface area contributed by atoms with Crippen molar-refractivity contribution in [1.29, 1.82) is 0 Å². The highest BCUT2D eigenvalue weighted by molar-refractivity contribution is 7.16. The quantitative estimate of drug-likeness (QED) is 0.902. The van der Waals surface area contributed by atoms with Crippen molar-refractivity contribution in [2.75, 3.05) is 19.6 Å². The molecule has 0 spiro atoms. The first-order valence-corrected chi connectivity index (χ1v) is 9.26. The van der Waals surface area contributed by atoms with Crippen LogP contribution in [0.5, 0.6) is 0 Å². The summed E-state index contributed by atoms with van der Waals surface area (Å²) in [4.78, 5) is 18.5. The molecule has 1 fully saturated rings. The first kappa shape index (κ1) is 17.2. The van der Waals surface area contributed by atoms with E-state index in [0.717, 1.165) is 12.1 Å². The monoisotopic (exact) mass is 347 g/mol. The van der Waals surface area contributed by atoms with E-state index in [4.69, 9.17) is 4.74 Å². The van der Waals surface area contributed by atoms with Gasteiger partial charge in [-0.05, 0) is 44.4 Å². The zero-order chi connectivity index (χ0) is 17.3. The molecule has 1 saturated heterocycles. The number of ether oxygens (including phenoxy) is 1. The van der Waals surface area contributed by atoms with E-state index in [1.54, 1.807) is 11.3 Å². The Morgan fingerprint density at radius 1 is 1.46 bits per heavy atom. The summed E-state index contributed by atoms with van der Waals surface area (Å²) in [6, 6.07) is 6.67. The number of carbonyl (C=O) groups is 1. The van der Waals surface area contributed by atoms with E-state index in [0.29, 0.717) is 19.0 Å². The Hall–Kier alpha value is -1.66. The van der Waals surface area contributed by atoms with Gasteiger partial charge < -0.3 is 15.0 Å². The average molecular weight is 347 g/mol. The third kappa shape index (κ3) is 3.87. The summed E-state index contributed by atoms with van der Waals surface area (Å²) in [5.41, 5.74) is 3.71. The van der Waals surface area contributed by atoms with Gasteiger partial charge in [-0.15, -0.1) is 11.3 Å². The second-order valence-corrected chi connectivity index (χ2v) is 8.24. The number of aromatic nitrogens is 1. The van der Waals surface area contributed by atoms with Crippen LogP contribution in [0.15, 0.2) is 23.7 Å². The van der Waals surface area contributed by atoms with Crippen LogP contribution in [-0.2, 0) is 4.74 Å². The molecule has 1 aliphatic heterocycles. The number of hydrogen-bond acceptors (Lipinski definition) is 5. The first-order valence-electron chi connectivity index (χ1n) is 8.38. The van der Waals surface area contributed by atoms with Crippen LogP contribution in [0.25, 0.3) is 10.2 Å². The molecule has 2 heterocycles. The molecule has 5 nitrogen and oxygen atoms in total. The Balaban J connectivity index is 1.70. The summed E-state index contributed by atoms with van der Waals surface area (Å²) in [6.07, 6.45) is -0.226. The van der Waals surface area contributed by atoms with Gasteiger partial charge in [0, 0.05) is 25.7 Å². The lowest BCUT2D eigenvalue weighted by molar-refractivity contribution is 0.0188. The van der Waals surface area contributed by atoms with Crippen molar-refractivity contribution in [3.05, 3.63) is 29.3 Å². The maximum absolute atomic E-state index is 12.3. The second kappa shape index (κ2) is 6.69. The van der Waals surface area contributed by atoms with Crippen LogP contribution >= 0.6 is 11.3 Å². The van der Waals surface area contributed by atoms with Crippen LogP contribution in [-0.4, -0.2) is 47.3 Å². The van der Waals surface area contributed by atoms with Gasteiger partial charge in [-0.3, -0.25) is 0 Å². The molecule has 0 bridgehead atoms. The number of hydrogen-bond donors (Lipinski definition) is 1. The molecule has 0 radical (unpaired) electrons. The number of piperazine rings is 1. The SMILES string of the molecule is CC(c1ccc2scnc2c1)C1CN(C(=O)OC(C)(C)C)CCN1. The van der Waals surface area contributed by atoms with E-state index in [2.05, 4.69) is 35.4 Å². The van der Waals surface area contributed by atoms with Crippen molar-refractivity contribution >= 4 is 27.6 Å². The fourth-order valence-corrected chi connectivity index (χ4v) is 3.65. The van der Waals surface area contributed by atoms with E-state index in [1.807, 2.05) is 31.2 Å². The third-order valence-corrected chi connectivity index (χ3v) is 5.15. The molecule has 24 heavy (non-hydrogen) atoms. The summed E-state index contributed by atoms with van der Waals surface area (Å²) >= 11 is 1.66. The summed E-state index contributed by atoms with van der Waals surface area (Å²) in [6.45, 7) is 10.0. The summed E-state index contributed by atoms with van der Waals surface area (Å²) in [5, 5.41) is 3.54. The molecule has 130 valence electrons. The van der Waals surface area contributed by atoms with E-state index in [9.17, 15) is 4.79 Å². The number of thiazole rings is 1. The van der Waals surface area contributed by atoms with Gasteiger partial charge in [0.2, 0.25) is 0 Å². The molecule has 1 aromatic heterocycles. The Morgan fingerprint density at radius 3 is 3.00 bits per heavy atom. The maximum atomic E-state index is 12.3. The molecule has 6 heteroatoms. The van der Waals surface area contributed by atoms with Gasteiger partial charge in [-0.25, -0.2) is 9.78 Å². The Morgan fingerprint density at radius 2 is 2.25 bits per heavy atom. The topological polar surface area (TPSA) is 54.5 Å². The minimum Gasteiger partial charge on any atom is -0.444 e. The molecule has 2 unspecified atom stereocenters. The zero-order valence-corrected chi connectivity index (χ0v) is 15.5. The highest BCUT2D eigenvalue weighted by atomic mass is 32.1. The number of benzene rings is 1. The Labute approximate surface area is 147 Å². The minimum absolute atomic E-state index is 0.211. The minimum atomic E-state index is -0.460. The number of carbonyl (C=O) groups excluding carboxylic acids is 1. The van der Waals surface area contributed by atoms with Crippen LogP contribution in [0, 0.1) is 0 Å². The molecule has 0 aliphatic carbocycles.